The van der Waals surface area contributed by atoms with E-state index in [0.717, 1.165) is 45.7 Å². The van der Waals surface area contributed by atoms with E-state index in [-0.39, 0.29) is 11.8 Å². The molecule has 4 rings (SSSR count). The molecule has 3 atom stereocenters. The van der Waals surface area contributed by atoms with Gasteiger partial charge in [-0.1, -0.05) is 37.1 Å². The summed E-state index contributed by atoms with van der Waals surface area (Å²) in [5.41, 5.74) is 8.95. The first-order valence-electron chi connectivity index (χ1n) is 9.73. The number of hydrazine groups is 1. The molecule has 2 heterocycles. The normalized spacial score (nSPS) is 30.6. The van der Waals surface area contributed by atoms with Crippen molar-refractivity contribution in [1.29, 1.82) is 0 Å². The van der Waals surface area contributed by atoms with Crippen LogP contribution in [0.15, 0.2) is 24.3 Å². The van der Waals surface area contributed by atoms with Gasteiger partial charge in [-0.05, 0) is 36.3 Å². The summed E-state index contributed by atoms with van der Waals surface area (Å²) in [5, 5.41) is 0. The maximum atomic E-state index is 12.1. The number of hydrogen-bond donors (Lipinski definition) is 2. The van der Waals surface area contributed by atoms with Crippen molar-refractivity contribution in [3.8, 4) is 0 Å². The second-order valence-electron chi connectivity index (χ2n) is 7.71. The lowest BCUT2D eigenvalue weighted by Crippen LogP contribution is -2.60. The van der Waals surface area contributed by atoms with Crippen molar-refractivity contribution in [3.05, 3.63) is 35.4 Å². The van der Waals surface area contributed by atoms with Gasteiger partial charge < -0.3 is 4.74 Å². The summed E-state index contributed by atoms with van der Waals surface area (Å²) < 4.78 is 5.44. The van der Waals surface area contributed by atoms with Crippen molar-refractivity contribution in [2.75, 3.05) is 26.3 Å². The Labute approximate surface area is 150 Å². The number of carbonyl (C=O) groups excluding carboxylic acids is 1. The minimum Gasteiger partial charge on any atom is -0.379 e. The third-order valence-corrected chi connectivity index (χ3v) is 6.01. The Balaban J connectivity index is 1.41. The van der Waals surface area contributed by atoms with Crippen LogP contribution in [0.1, 0.15) is 36.8 Å². The molecular formula is C20H29N3O2. The van der Waals surface area contributed by atoms with E-state index in [1.807, 2.05) is 0 Å². The van der Waals surface area contributed by atoms with Gasteiger partial charge in [0.2, 0.25) is 5.91 Å². The molecule has 0 radical (unpaired) electrons. The van der Waals surface area contributed by atoms with E-state index >= 15 is 0 Å². The molecule has 136 valence electrons. The Morgan fingerprint density at radius 2 is 1.92 bits per heavy atom. The van der Waals surface area contributed by atoms with E-state index in [0.29, 0.717) is 12.0 Å². The second kappa shape index (κ2) is 7.85. The molecule has 1 amide bonds. The topological polar surface area (TPSA) is 53.6 Å². The van der Waals surface area contributed by atoms with Crippen molar-refractivity contribution in [3.63, 3.8) is 0 Å². The second-order valence-corrected chi connectivity index (χ2v) is 7.71. The molecule has 3 fully saturated rings. The van der Waals surface area contributed by atoms with E-state index in [9.17, 15) is 4.79 Å². The molecular weight excluding hydrogens is 314 g/mol. The first-order valence-corrected chi connectivity index (χ1v) is 9.73. The Hall–Kier alpha value is -1.43. The van der Waals surface area contributed by atoms with Gasteiger partial charge >= 0.3 is 0 Å². The van der Waals surface area contributed by atoms with Crippen LogP contribution in [0.2, 0.25) is 0 Å². The highest BCUT2D eigenvalue weighted by atomic mass is 16.5. The highest BCUT2D eigenvalue weighted by Crippen LogP contribution is 2.35. The van der Waals surface area contributed by atoms with Gasteiger partial charge in [0.25, 0.3) is 0 Å². The molecule has 1 aliphatic carbocycles. The maximum absolute atomic E-state index is 12.1. The van der Waals surface area contributed by atoms with Crippen molar-refractivity contribution >= 4 is 5.91 Å². The summed E-state index contributed by atoms with van der Waals surface area (Å²) in [6.07, 6.45) is 5.65. The molecule has 3 aliphatic rings. The van der Waals surface area contributed by atoms with Crippen LogP contribution in [-0.2, 0) is 22.5 Å². The van der Waals surface area contributed by atoms with Crippen LogP contribution in [-0.4, -0.2) is 43.2 Å². The summed E-state index contributed by atoms with van der Waals surface area (Å²) >= 11 is 0. The molecule has 2 saturated heterocycles. The SMILES string of the molecule is O=C1NNC(Cc2cccc(CN3CCOCC3)c2)C2CCCCC12. The highest BCUT2D eigenvalue weighted by molar-refractivity contribution is 5.79. The molecule has 5 nitrogen and oxygen atoms in total. The van der Waals surface area contributed by atoms with Crippen molar-refractivity contribution in [2.24, 2.45) is 11.8 Å². The maximum Gasteiger partial charge on any atom is 0.237 e. The van der Waals surface area contributed by atoms with Crippen LogP contribution < -0.4 is 10.9 Å². The number of ether oxygens (including phenoxy) is 1. The third kappa shape index (κ3) is 4.05. The fraction of sp³-hybridized carbons (Fsp3) is 0.650. The molecule has 25 heavy (non-hydrogen) atoms. The number of nitrogens with zero attached hydrogens (tertiary/aromatic N) is 1. The fourth-order valence-electron chi connectivity index (χ4n) is 4.66. The zero-order chi connectivity index (χ0) is 17.1. The number of fused-ring (bicyclic) bond motifs is 1. The molecule has 0 spiro atoms. The minimum absolute atomic E-state index is 0.196. The molecule has 1 aromatic rings. The summed E-state index contributed by atoms with van der Waals surface area (Å²) in [6, 6.07) is 9.30. The molecule has 2 N–H and O–H groups in total. The molecule has 1 saturated carbocycles. The monoisotopic (exact) mass is 343 g/mol. The number of morpholine rings is 1. The zero-order valence-electron chi connectivity index (χ0n) is 14.9. The van der Waals surface area contributed by atoms with Crippen LogP contribution in [0.25, 0.3) is 0 Å². The van der Waals surface area contributed by atoms with E-state index in [2.05, 4.69) is 40.0 Å². The van der Waals surface area contributed by atoms with Gasteiger partial charge in [0.15, 0.2) is 0 Å². The number of carbonyl (C=O) groups is 1. The largest absolute Gasteiger partial charge is 0.379 e. The minimum atomic E-state index is 0.196. The van der Waals surface area contributed by atoms with E-state index < -0.39 is 0 Å². The Kier molecular flexibility index (Phi) is 5.34. The van der Waals surface area contributed by atoms with E-state index in [1.54, 1.807) is 0 Å². The van der Waals surface area contributed by atoms with Crippen molar-refractivity contribution < 1.29 is 9.53 Å². The highest BCUT2D eigenvalue weighted by Gasteiger charge is 2.39. The van der Waals surface area contributed by atoms with Gasteiger partial charge in [0, 0.05) is 31.6 Å². The first kappa shape index (κ1) is 17.0. The molecule has 0 bridgehead atoms. The smallest absolute Gasteiger partial charge is 0.237 e. The predicted octanol–water partition coefficient (Wildman–Crippen LogP) is 1.87. The van der Waals surface area contributed by atoms with Crippen LogP contribution in [0, 0.1) is 11.8 Å². The van der Waals surface area contributed by atoms with Crippen molar-refractivity contribution in [1.82, 2.24) is 15.8 Å². The Bertz CT molecular complexity index is 600. The van der Waals surface area contributed by atoms with Gasteiger partial charge in [-0.15, -0.1) is 0 Å². The fourth-order valence-corrected chi connectivity index (χ4v) is 4.66. The molecule has 3 unspecified atom stereocenters. The predicted molar refractivity (Wildman–Crippen MR) is 96.8 cm³/mol. The van der Waals surface area contributed by atoms with Gasteiger partial charge in [-0.25, -0.2) is 5.43 Å². The lowest BCUT2D eigenvalue weighted by atomic mass is 9.72. The van der Waals surface area contributed by atoms with Crippen LogP contribution in [0.4, 0.5) is 0 Å². The summed E-state index contributed by atoms with van der Waals surface area (Å²) in [5.74, 6) is 0.879. The summed E-state index contributed by atoms with van der Waals surface area (Å²) in [7, 11) is 0. The Morgan fingerprint density at radius 1 is 1.12 bits per heavy atom. The van der Waals surface area contributed by atoms with Gasteiger partial charge in [-0.2, -0.15) is 0 Å². The lowest BCUT2D eigenvalue weighted by Gasteiger charge is -2.41. The van der Waals surface area contributed by atoms with E-state index in [4.69, 9.17) is 4.74 Å². The number of amides is 1. The van der Waals surface area contributed by atoms with Crippen molar-refractivity contribution in [2.45, 2.75) is 44.7 Å². The molecule has 1 aromatic carbocycles. The average Bonchev–Trinajstić information content (AvgIpc) is 2.65. The summed E-state index contributed by atoms with van der Waals surface area (Å²) in [4.78, 5) is 14.6. The van der Waals surface area contributed by atoms with Gasteiger partial charge in [0.05, 0.1) is 13.2 Å². The standard InChI is InChI=1S/C20H29N3O2/c24-20-18-7-2-1-6-17(18)19(21-22-20)13-15-4-3-5-16(12-15)14-23-8-10-25-11-9-23/h3-5,12,17-19,21H,1-2,6-11,13-14H2,(H,22,24). The van der Waals surface area contributed by atoms with Crippen LogP contribution in [0.3, 0.4) is 0 Å². The molecule has 2 aliphatic heterocycles. The van der Waals surface area contributed by atoms with Gasteiger partial charge in [0.1, 0.15) is 0 Å². The third-order valence-electron chi connectivity index (χ3n) is 6.01. The van der Waals surface area contributed by atoms with Crippen LogP contribution in [0.5, 0.6) is 0 Å². The van der Waals surface area contributed by atoms with Gasteiger partial charge in [-0.3, -0.25) is 15.1 Å². The average molecular weight is 343 g/mol. The van der Waals surface area contributed by atoms with E-state index in [1.165, 1.54) is 30.4 Å². The molecule has 5 heteroatoms. The quantitative estimate of drug-likeness (QED) is 0.876. The zero-order valence-corrected chi connectivity index (χ0v) is 14.9. The summed E-state index contributed by atoms with van der Waals surface area (Å²) in [6.45, 7) is 4.72. The number of rotatable bonds is 4. The van der Waals surface area contributed by atoms with Crippen LogP contribution >= 0.6 is 0 Å². The number of nitrogens with one attached hydrogen (secondary N) is 2. The number of benzene rings is 1. The molecule has 0 aromatic heterocycles. The Morgan fingerprint density at radius 3 is 2.80 bits per heavy atom. The number of hydrogen-bond acceptors (Lipinski definition) is 4. The lowest BCUT2D eigenvalue weighted by molar-refractivity contribution is -0.133. The first-order chi connectivity index (χ1) is 12.3.